The summed E-state index contributed by atoms with van der Waals surface area (Å²) in [5.74, 6) is -2.45. The summed E-state index contributed by atoms with van der Waals surface area (Å²) >= 11 is 0. The molecule has 1 aromatic carbocycles. The van der Waals surface area contributed by atoms with Crippen molar-refractivity contribution in [2.45, 2.75) is 6.18 Å². The van der Waals surface area contributed by atoms with Crippen molar-refractivity contribution in [1.82, 2.24) is 15.2 Å². The molecule has 3 heterocycles. The number of hydrogen-bond donors (Lipinski definition) is 0. The summed E-state index contributed by atoms with van der Waals surface area (Å²) in [6, 6.07) is 13.1. The van der Waals surface area contributed by atoms with E-state index in [2.05, 4.69) is 36.2 Å². The van der Waals surface area contributed by atoms with E-state index in [0.29, 0.717) is 11.3 Å². The van der Waals surface area contributed by atoms with Crippen LogP contribution in [0.2, 0.25) is 0 Å². The van der Waals surface area contributed by atoms with E-state index >= 15 is 0 Å². The zero-order chi connectivity index (χ0) is 23.7. The molecular weight excluding hydrogens is 621 g/mol. The Balaban J connectivity index is 0.000000271. The Morgan fingerprint density at radius 2 is 1.55 bits per heavy atom. The molecule has 0 aliphatic heterocycles. The number of benzene rings is 1. The molecule has 0 atom stereocenters. The number of rotatable bonds is 1. The van der Waals surface area contributed by atoms with Crippen LogP contribution >= 0.6 is 0 Å². The van der Waals surface area contributed by atoms with E-state index in [1.54, 1.807) is 29.0 Å². The van der Waals surface area contributed by atoms with Gasteiger partial charge in [0.05, 0.1) is 35.9 Å². The zero-order valence-corrected chi connectivity index (χ0v) is 19.4. The van der Waals surface area contributed by atoms with Crippen molar-refractivity contribution < 1.29 is 51.2 Å². The summed E-state index contributed by atoms with van der Waals surface area (Å²) in [5.41, 5.74) is 1.14. The molecule has 0 aliphatic carbocycles. The second kappa shape index (κ2) is 12.6. The molecule has 33 heavy (non-hydrogen) atoms. The van der Waals surface area contributed by atoms with Crippen molar-refractivity contribution in [2.75, 3.05) is 0 Å². The first kappa shape index (κ1) is 27.6. The first-order valence-electron chi connectivity index (χ1n) is 8.87. The number of hydrogen-bond acceptors (Lipinski definition) is 2. The molecule has 0 aliphatic rings. The van der Waals surface area contributed by atoms with Crippen molar-refractivity contribution in [1.29, 1.82) is 0 Å². The van der Waals surface area contributed by atoms with Gasteiger partial charge in [0.15, 0.2) is 0 Å². The topological polar surface area (TPSA) is 47.6 Å². The van der Waals surface area contributed by atoms with Gasteiger partial charge >= 0.3 is 6.18 Å². The van der Waals surface area contributed by atoms with Crippen molar-refractivity contribution in [2.24, 2.45) is 0 Å². The van der Waals surface area contributed by atoms with Gasteiger partial charge in [-0.1, -0.05) is 48.3 Å². The molecule has 0 amide bonds. The third kappa shape index (κ3) is 8.55. The maximum Gasteiger partial charge on any atom is 0.429 e. The van der Waals surface area contributed by atoms with Gasteiger partial charge in [0.1, 0.15) is 5.82 Å². The van der Waals surface area contributed by atoms with E-state index < -0.39 is 23.6 Å². The van der Waals surface area contributed by atoms with Gasteiger partial charge in [-0.3, -0.25) is 5.10 Å². The van der Waals surface area contributed by atoms with Crippen molar-refractivity contribution >= 4 is 0 Å². The Morgan fingerprint density at radius 1 is 0.909 bits per heavy atom. The predicted molar refractivity (Wildman–Crippen MR) is 105 cm³/mol. The van der Waals surface area contributed by atoms with Crippen LogP contribution in [-0.2, 0) is 26.3 Å². The Morgan fingerprint density at radius 3 is 1.97 bits per heavy atom. The van der Waals surface area contributed by atoms with E-state index in [1.165, 1.54) is 10.6 Å². The summed E-state index contributed by atoms with van der Waals surface area (Å²) < 4.78 is 64.2. The summed E-state index contributed by atoms with van der Waals surface area (Å²) in [6.07, 6.45) is 1.76. The third-order valence-electron chi connectivity index (χ3n) is 3.75. The molecule has 0 fully saturated rings. The Labute approximate surface area is 201 Å². The molecule has 4 rings (SSSR count). The molecule has 1 radical (unpaired) electrons. The summed E-state index contributed by atoms with van der Waals surface area (Å²) in [4.78, 5) is 2.84. The Kier molecular flexibility index (Phi) is 10.5. The molecule has 0 saturated heterocycles. The van der Waals surface area contributed by atoms with Gasteiger partial charge in [0.25, 0.3) is 0 Å². The average Bonchev–Trinajstić information content (AvgIpc) is 3.26. The van der Waals surface area contributed by atoms with Crippen LogP contribution in [0.1, 0.15) is 11.4 Å². The fourth-order valence-corrected chi connectivity index (χ4v) is 2.37. The van der Waals surface area contributed by atoms with Crippen LogP contribution in [-0.4, -0.2) is 10.1 Å². The molecule has 4 aromatic rings. The Bertz CT molecular complexity index is 1100. The van der Waals surface area contributed by atoms with Crippen LogP contribution in [0.4, 0.5) is 22.0 Å². The van der Waals surface area contributed by atoms with Gasteiger partial charge in [0, 0.05) is 34.2 Å². The normalized spacial score (nSPS) is 10.1. The molecule has 0 N–H and O–H groups in total. The monoisotopic (exact) mass is 640 g/mol. The van der Waals surface area contributed by atoms with Gasteiger partial charge in [-0.2, -0.15) is 25.7 Å². The van der Waals surface area contributed by atoms with Gasteiger partial charge in [-0.15, -0.1) is 6.07 Å². The number of alkyl halides is 3. The second-order valence-corrected chi connectivity index (χ2v) is 6.15. The number of halogens is 5. The van der Waals surface area contributed by atoms with Gasteiger partial charge < -0.3 is 19.2 Å². The number of aromatic nitrogens is 5. The molecular formula is C22H18F5IrN5-2. The molecule has 11 heteroatoms. The Hall–Kier alpha value is -3.43. The van der Waals surface area contributed by atoms with Crippen LogP contribution in [0.25, 0.3) is 11.3 Å². The van der Waals surface area contributed by atoms with Crippen LogP contribution < -0.4 is 14.2 Å². The summed E-state index contributed by atoms with van der Waals surface area (Å²) in [5, 5.41) is 5.61. The van der Waals surface area contributed by atoms with E-state index in [4.69, 9.17) is 0 Å². The van der Waals surface area contributed by atoms with Crippen LogP contribution in [0.15, 0.2) is 73.4 Å². The van der Waals surface area contributed by atoms with Crippen LogP contribution in [0.5, 0.6) is 0 Å². The fraction of sp³-hybridized carbons (Fsp3) is 0.0455. The SMILES string of the molecule is FC(F)(F)c1nc[n-]n1.[CH2-][n+]1ccccc1.[CH2-]c1cc(F)cc(F)c1-c1cccc[n+]1[CH2-].[Ir]. The first-order valence-corrected chi connectivity index (χ1v) is 8.87. The molecule has 0 spiro atoms. The second-order valence-electron chi connectivity index (χ2n) is 6.15. The molecule has 0 unspecified atom stereocenters. The minimum absolute atomic E-state index is 0. The zero-order valence-electron chi connectivity index (χ0n) is 17.0. The predicted octanol–water partition coefficient (Wildman–Crippen LogP) is 3.81. The maximum atomic E-state index is 13.7. The maximum absolute atomic E-state index is 13.7. The van der Waals surface area contributed by atoms with E-state index in [9.17, 15) is 22.0 Å². The molecule has 0 bridgehead atoms. The minimum Gasteiger partial charge on any atom is -0.422 e. The number of nitrogens with zero attached hydrogens (tertiary/aromatic N) is 5. The standard InChI is InChI=1S/C13H10F2N.C6H7N.C3HF3N3.Ir/c1-9-7-10(14)8-11(15)13(9)12-5-3-4-6-16(12)2;1-7-5-3-2-4-6-7;4-3(5,6)2-7-1-8-9-2;/h3-8H,1-2H2;2-6H,1H2;1H;/q-1;;-1;. The van der Waals surface area contributed by atoms with E-state index in [-0.39, 0.29) is 25.7 Å². The summed E-state index contributed by atoms with van der Waals surface area (Å²) in [7, 11) is 7.37. The largest absolute Gasteiger partial charge is 0.429 e. The van der Waals surface area contributed by atoms with Crippen molar-refractivity contribution in [3.8, 4) is 11.3 Å². The van der Waals surface area contributed by atoms with Gasteiger partial charge in [-0.05, 0) is 6.07 Å². The van der Waals surface area contributed by atoms with Crippen molar-refractivity contribution in [3.05, 3.63) is 117 Å². The summed E-state index contributed by atoms with van der Waals surface area (Å²) in [6.45, 7) is 3.64. The van der Waals surface area contributed by atoms with Crippen LogP contribution in [0, 0.1) is 32.7 Å². The van der Waals surface area contributed by atoms with Crippen molar-refractivity contribution in [3.63, 3.8) is 0 Å². The molecule has 3 aromatic heterocycles. The average molecular weight is 640 g/mol. The molecule has 177 valence electrons. The first-order chi connectivity index (χ1) is 15.1. The number of pyridine rings is 2. The van der Waals surface area contributed by atoms with E-state index in [0.717, 1.165) is 12.4 Å². The molecule has 5 nitrogen and oxygen atoms in total. The fourth-order valence-electron chi connectivity index (χ4n) is 2.37. The molecule has 0 saturated carbocycles. The minimum atomic E-state index is -4.46. The van der Waals surface area contributed by atoms with Gasteiger partial charge in [-0.25, -0.2) is 8.78 Å². The van der Waals surface area contributed by atoms with E-state index in [1.807, 2.05) is 30.6 Å². The van der Waals surface area contributed by atoms with Gasteiger partial charge in [0.2, 0.25) is 0 Å². The quantitative estimate of drug-likeness (QED) is 0.181. The smallest absolute Gasteiger partial charge is 0.422 e. The van der Waals surface area contributed by atoms with Crippen LogP contribution in [0.3, 0.4) is 0 Å². The third-order valence-corrected chi connectivity index (χ3v) is 3.75.